The van der Waals surface area contributed by atoms with Gasteiger partial charge in [0.05, 0.1) is 11.1 Å². The Balaban J connectivity index is 1.92. The molecular weight excluding hydrogens is 230 g/mol. The van der Waals surface area contributed by atoms with Crippen LogP contribution in [0.3, 0.4) is 0 Å². The Hall–Kier alpha value is -1.71. The summed E-state index contributed by atoms with van der Waals surface area (Å²) in [4.78, 5) is 12.4. The number of phenolic OH excluding ortho intramolecular Hbond substituents is 1. The van der Waals surface area contributed by atoms with Crippen molar-refractivity contribution in [1.82, 2.24) is 0 Å². The molecule has 1 aliphatic carbocycles. The van der Waals surface area contributed by atoms with E-state index in [4.69, 9.17) is 4.74 Å². The molecule has 1 heterocycles. The molecule has 4 heteroatoms. The Labute approximate surface area is 106 Å². The van der Waals surface area contributed by atoms with E-state index in [1.54, 1.807) is 12.1 Å². The maximum Gasteiger partial charge on any atom is 0.234 e. The molecule has 0 atom stereocenters. The number of carbonyl (C=O) groups excluding carboxylic acids is 1. The predicted octanol–water partition coefficient (Wildman–Crippen LogP) is 2.67. The molecule has 2 N–H and O–H groups in total. The predicted molar refractivity (Wildman–Crippen MR) is 67.7 cm³/mol. The summed E-state index contributed by atoms with van der Waals surface area (Å²) in [6.45, 7) is 0.441. The summed E-state index contributed by atoms with van der Waals surface area (Å²) in [6, 6.07) is 4.81. The third-order valence-electron chi connectivity index (χ3n) is 4.01. The van der Waals surface area contributed by atoms with Crippen LogP contribution >= 0.6 is 0 Å². The lowest BCUT2D eigenvalue weighted by molar-refractivity contribution is -0.128. The van der Waals surface area contributed by atoms with Gasteiger partial charge >= 0.3 is 0 Å². The average molecular weight is 247 g/mol. The van der Waals surface area contributed by atoms with E-state index >= 15 is 0 Å². The molecule has 3 rings (SSSR count). The number of ether oxygens (including phenoxy) is 1. The van der Waals surface area contributed by atoms with Gasteiger partial charge in [-0.3, -0.25) is 4.79 Å². The molecule has 0 bridgehead atoms. The van der Waals surface area contributed by atoms with Crippen molar-refractivity contribution in [2.24, 2.45) is 5.41 Å². The zero-order chi connectivity index (χ0) is 12.6. The topological polar surface area (TPSA) is 58.6 Å². The normalized spacial score (nSPS) is 21.7. The molecule has 0 radical (unpaired) electrons. The number of rotatable bonds is 0. The lowest BCUT2D eigenvalue weighted by atomic mass is 9.74. The smallest absolute Gasteiger partial charge is 0.234 e. The van der Waals surface area contributed by atoms with Crippen molar-refractivity contribution < 1.29 is 14.6 Å². The maximum absolute atomic E-state index is 12.4. The number of nitrogens with one attached hydrogen (secondary N) is 1. The van der Waals surface area contributed by atoms with E-state index in [0.717, 1.165) is 25.7 Å². The van der Waals surface area contributed by atoms with Gasteiger partial charge in [-0.2, -0.15) is 0 Å². The molecule has 1 spiro atoms. The lowest BCUT2D eigenvalue weighted by Gasteiger charge is -2.33. The number of phenols is 1. The summed E-state index contributed by atoms with van der Waals surface area (Å²) in [6.07, 6.45) is 5.14. The molecule has 18 heavy (non-hydrogen) atoms. The van der Waals surface area contributed by atoms with Gasteiger partial charge in [0.15, 0.2) is 0 Å². The first-order chi connectivity index (χ1) is 8.70. The fourth-order valence-corrected chi connectivity index (χ4v) is 2.88. The first-order valence-corrected chi connectivity index (χ1v) is 6.47. The fraction of sp³-hybridized carbons (Fsp3) is 0.500. The van der Waals surface area contributed by atoms with E-state index < -0.39 is 0 Å². The Morgan fingerprint density at radius 3 is 2.78 bits per heavy atom. The van der Waals surface area contributed by atoms with E-state index in [9.17, 15) is 9.90 Å². The van der Waals surface area contributed by atoms with Crippen molar-refractivity contribution >= 4 is 11.6 Å². The zero-order valence-corrected chi connectivity index (χ0v) is 10.2. The summed E-state index contributed by atoms with van der Waals surface area (Å²) < 4.78 is 5.77. The van der Waals surface area contributed by atoms with Crippen LogP contribution in [0.5, 0.6) is 11.5 Å². The number of hydrogen-bond acceptors (Lipinski definition) is 3. The van der Waals surface area contributed by atoms with Gasteiger partial charge in [-0.25, -0.2) is 0 Å². The fourth-order valence-electron chi connectivity index (χ4n) is 2.88. The molecule has 0 aromatic heterocycles. The number of anilines is 1. The minimum Gasteiger partial charge on any atom is -0.508 e. The molecule has 0 saturated heterocycles. The number of carbonyl (C=O) groups is 1. The summed E-state index contributed by atoms with van der Waals surface area (Å²) >= 11 is 0. The molecule has 1 fully saturated rings. The summed E-state index contributed by atoms with van der Waals surface area (Å²) in [5.74, 6) is 0.812. The van der Waals surface area contributed by atoms with E-state index in [-0.39, 0.29) is 17.1 Å². The van der Waals surface area contributed by atoms with Gasteiger partial charge in [-0.1, -0.05) is 19.3 Å². The largest absolute Gasteiger partial charge is 0.508 e. The monoisotopic (exact) mass is 247 g/mol. The van der Waals surface area contributed by atoms with Crippen molar-refractivity contribution in [3.63, 3.8) is 0 Å². The summed E-state index contributed by atoms with van der Waals surface area (Å²) in [5.41, 5.74) is 0.190. The second-order valence-electron chi connectivity index (χ2n) is 5.26. The Bertz CT molecular complexity index is 478. The second-order valence-corrected chi connectivity index (χ2v) is 5.26. The maximum atomic E-state index is 12.4. The minimum atomic E-state index is -0.382. The van der Waals surface area contributed by atoms with Crippen LogP contribution in [0.25, 0.3) is 0 Å². The number of hydrogen-bond donors (Lipinski definition) is 2. The van der Waals surface area contributed by atoms with Gasteiger partial charge in [0.2, 0.25) is 5.91 Å². The van der Waals surface area contributed by atoms with E-state index in [1.807, 2.05) is 0 Å². The highest BCUT2D eigenvalue weighted by Gasteiger charge is 2.42. The molecular formula is C14H17NO3. The second kappa shape index (κ2) is 4.19. The van der Waals surface area contributed by atoms with Gasteiger partial charge in [-0.05, 0) is 25.0 Å². The lowest BCUT2D eigenvalue weighted by Crippen LogP contribution is -2.41. The quantitative estimate of drug-likeness (QED) is 0.741. The van der Waals surface area contributed by atoms with Crippen LogP contribution in [0.4, 0.5) is 5.69 Å². The first-order valence-electron chi connectivity index (χ1n) is 6.47. The van der Waals surface area contributed by atoms with Crippen molar-refractivity contribution in [1.29, 1.82) is 0 Å². The van der Waals surface area contributed by atoms with Crippen LogP contribution in [0.1, 0.15) is 32.1 Å². The number of amides is 1. The molecule has 1 amide bonds. The molecule has 1 aromatic carbocycles. The van der Waals surface area contributed by atoms with Crippen LogP contribution in [0.2, 0.25) is 0 Å². The van der Waals surface area contributed by atoms with Gasteiger partial charge in [-0.15, -0.1) is 0 Å². The van der Waals surface area contributed by atoms with Crippen LogP contribution in [0.15, 0.2) is 18.2 Å². The molecule has 1 saturated carbocycles. The summed E-state index contributed by atoms with van der Waals surface area (Å²) in [5, 5.41) is 12.4. The third kappa shape index (κ3) is 1.82. The van der Waals surface area contributed by atoms with E-state index in [2.05, 4.69) is 5.32 Å². The highest BCUT2D eigenvalue weighted by atomic mass is 16.5. The van der Waals surface area contributed by atoms with Crippen molar-refractivity contribution in [3.8, 4) is 11.5 Å². The first kappa shape index (κ1) is 11.4. The summed E-state index contributed by atoms with van der Waals surface area (Å²) in [7, 11) is 0. The van der Waals surface area contributed by atoms with Gasteiger partial charge < -0.3 is 15.2 Å². The van der Waals surface area contributed by atoms with Crippen molar-refractivity contribution in [2.45, 2.75) is 32.1 Å². The average Bonchev–Trinajstić information content (AvgIpc) is 2.50. The number of benzene rings is 1. The molecule has 96 valence electrons. The molecule has 0 unspecified atom stereocenters. The SMILES string of the molecule is O=C1Nc2cc(O)ccc2OCC12CCCCC2. The Kier molecular flexibility index (Phi) is 2.65. The van der Waals surface area contributed by atoms with Crippen molar-refractivity contribution in [3.05, 3.63) is 18.2 Å². The van der Waals surface area contributed by atoms with E-state index in [1.165, 1.54) is 12.5 Å². The Morgan fingerprint density at radius 1 is 1.22 bits per heavy atom. The third-order valence-corrected chi connectivity index (χ3v) is 4.01. The molecule has 4 nitrogen and oxygen atoms in total. The molecule has 1 aromatic rings. The van der Waals surface area contributed by atoms with Crippen LogP contribution in [0, 0.1) is 5.41 Å². The van der Waals surface area contributed by atoms with Gasteiger partial charge in [0.1, 0.15) is 18.1 Å². The minimum absolute atomic E-state index is 0.0338. The molecule has 1 aliphatic heterocycles. The van der Waals surface area contributed by atoms with Crippen LogP contribution in [-0.4, -0.2) is 17.6 Å². The van der Waals surface area contributed by atoms with Crippen molar-refractivity contribution in [2.75, 3.05) is 11.9 Å². The zero-order valence-electron chi connectivity index (χ0n) is 10.2. The standard InChI is InChI=1S/C14H17NO3/c16-10-4-5-12-11(8-10)15-13(17)14(9-18-12)6-2-1-3-7-14/h4-5,8,16H,1-3,6-7,9H2,(H,15,17). The Morgan fingerprint density at radius 2 is 2.00 bits per heavy atom. The highest BCUT2D eigenvalue weighted by molar-refractivity contribution is 5.97. The number of fused-ring (bicyclic) bond motifs is 1. The number of aromatic hydroxyl groups is 1. The van der Waals surface area contributed by atoms with Crippen LogP contribution in [-0.2, 0) is 4.79 Å². The highest BCUT2D eigenvalue weighted by Crippen LogP contribution is 2.42. The van der Waals surface area contributed by atoms with Gasteiger partial charge in [0, 0.05) is 6.07 Å². The van der Waals surface area contributed by atoms with Gasteiger partial charge in [0.25, 0.3) is 0 Å². The molecule has 2 aliphatic rings. The van der Waals surface area contributed by atoms with Crippen LogP contribution < -0.4 is 10.1 Å². The van der Waals surface area contributed by atoms with E-state index in [0.29, 0.717) is 18.0 Å².